The first-order valence-corrected chi connectivity index (χ1v) is 7.49. The molecule has 2 atom stereocenters. The molecule has 5 heteroatoms. The molecule has 0 saturated carbocycles. The highest BCUT2D eigenvalue weighted by Crippen LogP contribution is 2.44. The number of benzene rings is 2. The van der Waals surface area contributed by atoms with Gasteiger partial charge in [-0.25, -0.2) is 4.79 Å². The van der Waals surface area contributed by atoms with Crippen LogP contribution in [-0.4, -0.2) is 13.2 Å². The number of hydrogen-bond donors (Lipinski definition) is 0. The van der Waals surface area contributed by atoms with Gasteiger partial charge in [-0.15, -0.1) is 0 Å². The number of para-hydroxylation sites is 1. The summed E-state index contributed by atoms with van der Waals surface area (Å²) in [5.41, 5.74) is 1.18. The zero-order valence-electron chi connectivity index (χ0n) is 12.9. The number of nitriles is 1. The average Bonchev–Trinajstić information content (AvgIpc) is 3.02. The highest BCUT2D eigenvalue weighted by Gasteiger charge is 2.40. The van der Waals surface area contributed by atoms with E-state index in [4.69, 9.17) is 13.9 Å². The molecular formula is C19H13NO4. The van der Waals surface area contributed by atoms with Gasteiger partial charge >= 0.3 is 5.63 Å². The van der Waals surface area contributed by atoms with Crippen LogP contribution in [0.25, 0.3) is 11.0 Å². The smallest absolute Gasteiger partial charge is 0.344 e. The number of hydrogen-bond acceptors (Lipinski definition) is 5. The molecule has 0 N–H and O–H groups in total. The molecule has 5 nitrogen and oxygen atoms in total. The number of nitrogens with zero attached hydrogens (tertiary/aromatic N) is 1. The van der Waals surface area contributed by atoms with Crippen molar-refractivity contribution < 1.29 is 13.9 Å². The fourth-order valence-corrected chi connectivity index (χ4v) is 3.13. The molecule has 118 valence electrons. The summed E-state index contributed by atoms with van der Waals surface area (Å²) in [4.78, 5) is 12.5. The molecule has 0 spiro atoms. The summed E-state index contributed by atoms with van der Waals surface area (Å²) in [5.74, 6) is 0.655. The van der Waals surface area contributed by atoms with Crippen molar-refractivity contribution in [3.8, 4) is 17.6 Å². The van der Waals surface area contributed by atoms with Gasteiger partial charge in [0, 0.05) is 0 Å². The van der Waals surface area contributed by atoms with E-state index in [1.807, 2.05) is 24.3 Å². The van der Waals surface area contributed by atoms with Crippen molar-refractivity contribution in [2.75, 3.05) is 7.11 Å². The first-order valence-electron chi connectivity index (χ1n) is 7.49. The second-order valence-electron chi connectivity index (χ2n) is 5.55. The first kappa shape index (κ1) is 14.3. The van der Waals surface area contributed by atoms with E-state index in [1.165, 1.54) is 0 Å². The van der Waals surface area contributed by atoms with E-state index in [0.717, 1.165) is 5.56 Å². The van der Waals surface area contributed by atoms with Gasteiger partial charge in [-0.1, -0.05) is 24.3 Å². The molecule has 0 amide bonds. The lowest BCUT2D eigenvalue weighted by atomic mass is 9.89. The Kier molecular flexibility index (Phi) is 3.24. The Bertz CT molecular complexity index is 1010. The van der Waals surface area contributed by atoms with Crippen molar-refractivity contribution in [2.45, 2.75) is 12.0 Å². The molecule has 0 bridgehead atoms. The molecule has 24 heavy (non-hydrogen) atoms. The number of fused-ring (bicyclic) bond motifs is 3. The van der Waals surface area contributed by atoms with Crippen LogP contribution in [0.4, 0.5) is 0 Å². The van der Waals surface area contributed by atoms with Crippen molar-refractivity contribution in [3.05, 3.63) is 70.1 Å². The topological polar surface area (TPSA) is 72.5 Å². The van der Waals surface area contributed by atoms with E-state index < -0.39 is 17.6 Å². The third-order valence-electron chi connectivity index (χ3n) is 4.26. The van der Waals surface area contributed by atoms with Gasteiger partial charge in [0.05, 0.1) is 24.0 Å². The zero-order valence-corrected chi connectivity index (χ0v) is 12.9. The Morgan fingerprint density at radius 1 is 1.12 bits per heavy atom. The molecular weight excluding hydrogens is 306 g/mol. The normalized spacial score (nSPS) is 18.7. The van der Waals surface area contributed by atoms with Gasteiger partial charge < -0.3 is 13.9 Å². The van der Waals surface area contributed by atoms with E-state index >= 15 is 0 Å². The van der Waals surface area contributed by atoms with Crippen molar-refractivity contribution in [3.63, 3.8) is 0 Å². The van der Waals surface area contributed by atoms with Gasteiger partial charge in [0.1, 0.15) is 23.2 Å². The first-order chi connectivity index (χ1) is 11.7. The predicted octanol–water partition coefficient (Wildman–Crippen LogP) is 3.22. The Balaban J connectivity index is 1.95. The van der Waals surface area contributed by atoms with Crippen LogP contribution in [0.2, 0.25) is 0 Å². The van der Waals surface area contributed by atoms with Crippen LogP contribution < -0.4 is 15.1 Å². The van der Waals surface area contributed by atoms with Gasteiger partial charge in [-0.3, -0.25) is 0 Å². The Morgan fingerprint density at radius 2 is 1.88 bits per heavy atom. The zero-order chi connectivity index (χ0) is 16.7. The maximum absolute atomic E-state index is 12.5. The highest BCUT2D eigenvalue weighted by atomic mass is 16.5. The Morgan fingerprint density at radius 3 is 2.58 bits per heavy atom. The summed E-state index contributed by atoms with van der Waals surface area (Å²) in [7, 11) is 1.59. The molecule has 4 rings (SSSR count). The monoisotopic (exact) mass is 319 g/mol. The van der Waals surface area contributed by atoms with Gasteiger partial charge in [-0.2, -0.15) is 5.26 Å². The quantitative estimate of drug-likeness (QED) is 0.678. The van der Waals surface area contributed by atoms with E-state index in [-0.39, 0.29) is 0 Å². The lowest BCUT2D eigenvalue weighted by Crippen LogP contribution is -2.20. The fourth-order valence-electron chi connectivity index (χ4n) is 3.13. The van der Waals surface area contributed by atoms with Crippen LogP contribution in [0.3, 0.4) is 0 Å². The van der Waals surface area contributed by atoms with Gasteiger partial charge in [0.25, 0.3) is 0 Å². The minimum absolute atomic E-state index is 0.394. The van der Waals surface area contributed by atoms with Crippen LogP contribution in [0, 0.1) is 11.3 Å². The summed E-state index contributed by atoms with van der Waals surface area (Å²) in [6.07, 6.45) is -0.776. The van der Waals surface area contributed by atoms with Gasteiger partial charge in [0.2, 0.25) is 0 Å². The summed E-state index contributed by atoms with van der Waals surface area (Å²) < 4.78 is 16.4. The lowest BCUT2D eigenvalue weighted by Gasteiger charge is -2.12. The van der Waals surface area contributed by atoms with Crippen molar-refractivity contribution in [1.82, 2.24) is 0 Å². The van der Waals surface area contributed by atoms with Crippen molar-refractivity contribution in [2.24, 2.45) is 0 Å². The van der Waals surface area contributed by atoms with Crippen molar-refractivity contribution >= 4 is 11.0 Å². The van der Waals surface area contributed by atoms with Crippen LogP contribution >= 0.6 is 0 Å². The maximum atomic E-state index is 12.5. The summed E-state index contributed by atoms with van der Waals surface area (Å²) in [6, 6.07) is 16.6. The summed E-state index contributed by atoms with van der Waals surface area (Å²) in [5, 5.41) is 10.2. The molecule has 1 aliphatic heterocycles. The van der Waals surface area contributed by atoms with Gasteiger partial charge in [-0.05, 0) is 29.8 Å². The standard InChI is InChI=1S/C19H13NO4/c1-22-12-8-6-11(7-9-12)16-15(10-20)23-18-13-4-2-3-5-14(13)24-19(21)17(16)18/h2-9,15-16H,1H3/t15-,16-/m1/s1. The molecule has 3 aromatic rings. The Hall–Kier alpha value is -3.26. The Labute approximate surface area is 137 Å². The molecule has 1 aromatic heterocycles. The van der Waals surface area contributed by atoms with Crippen LogP contribution in [-0.2, 0) is 0 Å². The molecule has 0 aliphatic carbocycles. The molecule has 2 heterocycles. The molecule has 0 radical (unpaired) electrons. The molecule has 1 aliphatic rings. The summed E-state index contributed by atoms with van der Waals surface area (Å²) in [6.45, 7) is 0. The lowest BCUT2D eigenvalue weighted by molar-refractivity contribution is 0.277. The van der Waals surface area contributed by atoms with Gasteiger partial charge in [0.15, 0.2) is 6.10 Å². The number of rotatable bonds is 2. The van der Waals surface area contributed by atoms with Crippen molar-refractivity contribution in [1.29, 1.82) is 5.26 Å². The third kappa shape index (κ3) is 2.04. The maximum Gasteiger partial charge on any atom is 0.344 e. The molecule has 0 fully saturated rings. The largest absolute Gasteiger partial charge is 0.497 e. The minimum Gasteiger partial charge on any atom is -0.497 e. The summed E-state index contributed by atoms with van der Waals surface area (Å²) >= 11 is 0. The van der Waals surface area contributed by atoms with Crippen LogP contribution in [0.1, 0.15) is 17.0 Å². The average molecular weight is 319 g/mol. The van der Waals surface area contributed by atoms with E-state index in [2.05, 4.69) is 6.07 Å². The van der Waals surface area contributed by atoms with E-state index in [1.54, 1.807) is 31.4 Å². The van der Waals surface area contributed by atoms with Crippen LogP contribution in [0.15, 0.2) is 57.7 Å². The highest BCUT2D eigenvalue weighted by molar-refractivity contribution is 5.85. The van der Waals surface area contributed by atoms with E-state index in [9.17, 15) is 10.1 Å². The number of ether oxygens (including phenoxy) is 2. The van der Waals surface area contributed by atoms with Crippen LogP contribution in [0.5, 0.6) is 11.5 Å². The molecule has 2 aromatic carbocycles. The molecule has 0 unspecified atom stereocenters. The predicted molar refractivity (Wildman–Crippen MR) is 87.4 cm³/mol. The van der Waals surface area contributed by atoms with E-state index in [0.29, 0.717) is 28.0 Å². The SMILES string of the molecule is COc1ccc([C@H]2c3c(c4ccccc4oc3=O)O[C@@H]2C#N)cc1. The number of methoxy groups -OCH3 is 1. The second-order valence-corrected chi connectivity index (χ2v) is 5.55. The second kappa shape index (κ2) is 5.43. The third-order valence-corrected chi connectivity index (χ3v) is 4.26. The fraction of sp³-hybridized carbons (Fsp3) is 0.158. The molecule has 0 saturated heterocycles. The minimum atomic E-state index is -0.776.